The minimum absolute atomic E-state index is 0.110. The third-order valence-corrected chi connectivity index (χ3v) is 4.37. The van der Waals surface area contributed by atoms with Crippen LogP contribution in [0.1, 0.15) is 24.2 Å². The number of H-pyrrole nitrogens is 1. The van der Waals surface area contributed by atoms with Crippen LogP contribution in [0.5, 0.6) is 5.75 Å². The number of carbonyl (C=O) groups is 1. The molecule has 5 nitrogen and oxygen atoms in total. The predicted molar refractivity (Wildman–Crippen MR) is 92.6 cm³/mol. The van der Waals surface area contributed by atoms with Crippen molar-refractivity contribution in [3.63, 3.8) is 0 Å². The molecule has 1 aromatic carbocycles. The van der Waals surface area contributed by atoms with Gasteiger partial charge in [-0.1, -0.05) is 17.7 Å². The maximum atomic E-state index is 14.4. The molecule has 0 bridgehead atoms. The SMILES string of the molecule is COc1cc2nc(NC3C(Cl)=CC=C(C)C3F)[nH]c2cc1C(C)=O. The van der Waals surface area contributed by atoms with E-state index >= 15 is 0 Å². The van der Waals surface area contributed by atoms with Crippen molar-refractivity contribution in [2.45, 2.75) is 26.1 Å². The van der Waals surface area contributed by atoms with Gasteiger partial charge in [0.1, 0.15) is 11.9 Å². The lowest BCUT2D eigenvalue weighted by molar-refractivity contribution is 0.101. The van der Waals surface area contributed by atoms with E-state index in [1.807, 2.05) is 0 Å². The molecule has 7 heteroatoms. The Balaban J connectivity index is 1.95. The van der Waals surface area contributed by atoms with Crippen molar-refractivity contribution in [2.75, 3.05) is 12.4 Å². The second-order valence-electron chi connectivity index (χ2n) is 5.70. The number of fused-ring (bicyclic) bond motifs is 1. The molecule has 2 N–H and O–H groups in total. The van der Waals surface area contributed by atoms with Crippen molar-refractivity contribution in [3.05, 3.63) is 40.5 Å². The molecule has 0 saturated carbocycles. The van der Waals surface area contributed by atoms with E-state index in [1.54, 1.807) is 31.2 Å². The number of aromatic nitrogens is 2. The molecule has 0 spiro atoms. The second-order valence-corrected chi connectivity index (χ2v) is 6.13. The number of aromatic amines is 1. The number of nitrogens with zero attached hydrogens (tertiary/aromatic N) is 1. The molecule has 1 heterocycles. The smallest absolute Gasteiger partial charge is 0.201 e. The Morgan fingerprint density at radius 3 is 2.83 bits per heavy atom. The number of ether oxygens (including phenoxy) is 1. The first-order chi connectivity index (χ1) is 11.4. The number of imidazole rings is 1. The van der Waals surface area contributed by atoms with Crippen molar-refractivity contribution in [1.29, 1.82) is 0 Å². The number of ketones is 1. The zero-order chi connectivity index (χ0) is 17.4. The molecule has 0 radical (unpaired) electrons. The Bertz CT molecular complexity index is 872. The van der Waals surface area contributed by atoms with Crippen LogP contribution in [0.3, 0.4) is 0 Å². The highest BCUT2D eigenvalue weighted by Crippen LogP contribution is 2.29. The first kappa shape index (κ1) is 16.5. The maximum Gasteiger partial charge on any atom is 0.201 e. The van der Waals surface area contributed by atoms with E-state index < -0.39 is 12.2 Å². The third-order valence-electron chi connectivity index (χ3n) is 4.00. The van der Waals surface area contributed by atoms with Crippen LogP contribution in [-0.2, 0) is 0 Å². The van der Waals surface area contributed by atoms with Gasteiger partial charge in [-0.15, -0.1) is 0 Å². The highest BCUT2D eigenvalue weighted by molar-refractivity contribution is 6.30. The summed E-state index contributed by atoms with van der Waals surface area (Å²) in [5.74, 6) is 0.716. The van der Waals surface area contributed by atoms with Gasteiger partial charge in [0.15, 0.2) is 5.78 Å². The molecular formula is C17H17ClFN3O2. The largest absolute Gasteiger partial charge is 0.496 e. The summed E-state index contributed by atoms with van der Waals surface area (Å²) in [7, 11) is 1.49. The predicted octanol–water partition coefficient (Wildman–Crippen LogP) is 3.98. The van der Waals surface area contributed by atoms with Crippen LogP contribution >= 0.6 is 11.6 Å². The Kier molecular flexibility index (Phi) is 4.32. The lowest BCUT2D eigenvalue weighted by Crippen LogP contribution is -2.34. The van der Waals surface area contributed by atoms with E-state index in [4.69, 9.17) is 16.3 Å². The molecule has 2 aromatic rings. The number of rotatable bonds is 4. The van der Waals surface area contributed by atoms with E-state index in [9.17, 15) is 9.18 Å². The summed E-state index contributed by atoms with van der Waals surface area (Å²) < 4.78 is 19.6. The van der Waals surface area contributed by atoms with Gasteiger partial charge in [-0.05, 0) is 31.6 Å². The third kappa shape index (κ3) is 2.89. The molecule has 1 aliphatic rings. The van der Waals surface area contributed by atoms with Crippen molar-refractivity contribution in [3.8, 4) is 5.75 Å². The van der Waals surface area contributed by atoms with Gasteiger partial charge in [0.05, 0.1) is 29.7 Å². The first-order valence-corrected chi connectivity index (χ1v) is 7.81. The van der Waals surface area contributed by atoms with Crippen LogP contribution in [0.2, 0.25) is 0 Å². The molecule has 1 aliphatic carbocycles. The molecule has 1 aromatic heterocycles. The van der Waals surface area contributed by atoms with Gasteiger partial charge in [0.25, 0.3) is 0 Å². The number of alkyl halides is 1. The van der Waals surface area contributed by atoms with Gasteiger partial charge in [-0.25, -0.2) is 9.37 Å². The van der Waals surface area contributed by atoms with Crippen LogP contribution in [0.25, 0.3) is 11.0 Å². The Morgan fingerprint density at radius 2 is 2.17 bits per heavy atom. The highest BCUT2D eigenvalue weighted by Gasteiger charge is 2.28. The van der Waals surface area contributed by atoms with Crippen LogP contribution in [0.4, 0.5) is 10.3 Å². The number of methoxy groups -OCH3 is 1. The first-order valence-electron chi connectivity index (χ1n) is 7.44. The van der Waals surface area contributed by atoms with E-state index in [0.29, 0.717) is 38.9 Å². The van der Waals surface area contributed by atoms with E-state index in [-0.39, 0.29) is 5.78 Å². The quantitative estimate of drug-likeness (QED) is 0.819. The van der Waals surface area contributed by atoms with Gasteiger partial charge in [-0.3, -0.25) is 4.79 Å². The number of hydrogen-bond acceptors (Lipinski definition) is 4. The maximum absolute atomic E-state index is 14.4. The standard InChI is InChI=1S/C17H17ClFN3O2/c1-8-4-5-11(18)16(15(8)19)22-17-20-12-6-10(9(2)23)14(24-3)7-13(12)21-17/h4-7,15-16H,1-3H3,(H2,20,21,22). The molecule has 0 aliphatic heterocycles. The number of allylic oxidation sites excluding steroid dienone is 2. The summed E-state index contributed by atoms with van der Waals surface area (Å²) in [6.45, 7) is 3.18. The van der Waals surface area contributed by atoms with Crippen LogP contribution in [0, 0.1) is 0 Å². The Morgan fingerprint density at radius 1 is 1.42 bits per heavy atom. The average Bonchev–Trinajstić information content (AvgIpc) is 2.95. The monoisotopic (exact) mass is 349 g/mol. The summed E-state index contributed by atoms with van der Waals surface area (Å²) in [4.78, 5) is 19.1. The van der Waals surface area contributed by atoms with Gasteiger partial charge in [0.2, 0.25) is 5.95 Å². The molecule has 0 fully saturated rings. The number of nitrogens with one attached hydrogen (secondary N) is 2. The molecule has 0 amide bonds. The Labute approximate surface area is 143 Å². The number of Topliss-reactive ketones (excluding diaryl/α,β-unsaturated/α-hetero) is 1. The summed E-state index contributed by atoms with van der Waals surface area (Å²) >= 11 is 6.11. The summed E-state index contributed by atoms with van der Waals surface area (Å²) in [6, 6.07) is 2.64. The van der Waals surface area contributed by atoms with Crippen LogP contribution < -0.4 is 10.1 Å². The second kappa shape index (κ2) is 6.28. The molecule has 2 unspecified atom stereocenters. The van der Waals surface area contributed by atoms with Crippen molar-refractivity contribution < 1.29 is 13.9 Å². The average molecular weight is 350 g/mol. The zero-order valence-corrected chi connectivity index (χ0v) is 14.2. The molecule has 126 valence electrons. The number of anilines is 1. The lowest BCUT2D eigenvalue weighted by Gasteiger charge is -2.25. The van der Waals surface area contributed by atoms with Crippen LogP contribution in [-0.4, -0.2) is 35.1 Å². The minimum Gasteiger partial charge on any atom is -0.496 e. The fraction of sp³-hybridized carbons (Fsp3) is 0.294. The molecule has 24 heavy (non-hydrogen) atoms. The zero-order valence-electron chi connectivity index (χ0n) is 13.5. The minimum atomic E-state index is -1.24. The normalized spacial score (nSPS) is 20.5. The van der Waals surface area contributed by atoms with Gasteiger partial charge >= 0.3 is 0 Å². The summed E-state index contributed by atoms with van der Waals surface area (Å²) in [6.07, 6.45) is 2.09. The van der Waals surface area contributed by atoms with E-state index in [1.165, 1.54) is 14.0 Å². The fourth-order valence-corrected chi connectivity index (χ4v) is 2.88. The van der Waals surface area contributed by atoms with Crippen molar-refractivity contribution in [2.24, 2.45) is 0 Å². The lowest BCUT2D eigenvalue weighted by atomic mass is 9.99. The van der Waals surface area contributed by atoms with E-state index in [2.05, 4.69) is 15.3 Å². The van der Waals surface area contributed by atoms with Crippen molar-refractivity contribution >= 4 is 34.4 Å². The number of carbonyl (C=O) groups excluding carboxylic acids is 1. The van der Waals surface area contributed by atoms with Crippen molar-refractivity contribution in [1.82, 2.24) is 9.97 Å². The topological polar surface area (TPSA) is 67.0 Å². The highest BCUT2D eigenvalue weighted by atomic mass is 35.5. The van der Waals surface area contributed by atoms with Gasteiger partial charge < -0.3 is 15.0 Å². The number of halogens is 2. The summed E-state index contributed by atoms with van der Waals surface area (Å²) in [5, 5.41) is 3.35. The van der Waals surface area contributed by atoms with E-state index in [0.717, 1.165) is 0 Å². The molecule has 0 saturated heterocycles. The molecular weight excluding hydrogens is 333 g/mol. The summed E-state index contributed by atoms with van der Waals surface area (Å²) in [5.41, 5.74) is 2.31. The number of hydrogen-bond donors (Lipinski definition) is 2. The van der Waals surface area contributed by atoms with Gasteiger partial charge in [0, 0.05) is 11.1 Å². The molecule has 2 atom stereocenters. The fourth-order valence-electron chi connectivity index (χ4n) is 2.65. The molecule has 3 rings (SSSR count). The van der Waals surface area contributed by atoms with Crippen LogP contribution in [0.15, 0.2) is 34.9 Å². The number of benzene rings is 1. The van der Waals surface area contributed by atoms with Gasteiger partial charge in [-0.2, -0.15) is 0 Å². The Hall–Kier alpha value is -2.34.